The van der Waals surface area contributed by atoms with Gasteiger partial charge in [0.15, 0.2) is 11.1 Å². The molecular weight excluding hydrogens is 430 g/mol. The molecule has 2 saturated heterocycles. The predicted molar refractivity (Wildman–Crippen MR) is 131 cm³/mol. The summed E-state index contributed by atoms with van der Waals surface area (Å²) < 4.78 is -0.723. The van der Waals surface area contributed by atoms with Gasteiger partial charge in [-0.1, -0.05) is 91.0 Å². The van der Waals surface area contributed by atoms with Crippen LogP contribution in [0.1, 0.15) is 30.5 Å². The summed E-state index contributed by atoms with van der Waals surface area (Å²) in [5, 5.41) is 3.39. The van der Waals surface area contributed by atoms with Crippen LogP contribution in [-0.2, 0) is 25.5 Å². The molecule has 2 fully saturated rings. The van der Waals surface area contributed by atoms with Crippen molar-refractivity contribution in [3.63, 3.8) is 0 Å². The zero-order chi connectivity index (χ0) is 23.5. The summed E-state index contributed by atoms with van der Waals surface area (Å²) in [6.07, 6.45) is 0. The van der Waals surface area contributed by atoms with Crippen molar-refractivity contribution in [1.29, 1.82) is 0 Å². The van der Waals surface area contributed by atoms with E-state index in [-0.39, 0.29) is 5.91 Å². The number of likely N-dealkylation sites (N-methyl/N-ethyl adjacent to an activating group) is 1. The molecule has 0 bridgehead atoms. The van der Waals surface area contributed by atoms with Crippen molar-refractivity contribution in [3.05, 3.63) is 108 Å². The number of hydrogen-bond donors (Lipinski definition) is 2. The number of rotatable bonds is 5. The molecule has 0 saturated carbocycles. The zero-order valence-electron chi connectivity index (χ0n) is 18.9. The van der Waals surface area contributed by atoms with Crippen molar-refractivity contribution in [3.8, 4) is 0 Å². The third kappa shape index (κ3) is 2.37. The maximum Gasteiger partial charge on any atom is 0.253 e. The summed E-state index contributed by atoms with van der Waals surface area (Å²) in [7, 11) is 1.81. The van der Waals surface area contributed by atoms with Crippen molar-refractivity contribution in [1.82, 2.24) is 10.2 Å². The van der Waals surface area contributed by atoms with Crippen LogP contribution in [0.3, 0.4) is 0 Å². The molecule has 3 N–H and O–H groups in total. The van der Waals surface area contributed by atoms with Gasteiger partial charge in [-0.05, 0) is 37.6 Å². The molecule has 33 heavy (non-hydrogen) atoms. The second-order valence-corrected chi connectivity index (χ2v) is 10.9. The summed E-state index contributed by atoms with van der Waals surface area (Å²) in [6, 6.07) is 29.2. The minimum absolute atomic E-state index is 0.166. The van der Waals surface area contributed by atoms with Gasteiger partial charge >= 0.3 is 0 Å². The quantitative estimate of drug-likeness (QED) is 0.573. The number of fused-ring (bicyclic) bond motifs is 1. The van der Waals surface area contributed by atoms with Crippen molar-refractivity contribution >= 4 is 23.6 Å². The van der Waals surface area contributed by atoms with E-state index in [1.165, 1.54) is 0 Å². The van der Waals surface area contributed by atoms with Crippen molar-refractivity contribution in [2.45, 2.75) is 34.5 Å². The van der Waals surface area contributed by atoms with Crippen LogP contribution < -0.4 is 11.1 Å². The largest absolute Gasteiger partial charge is 0.367 e. The normalized spacial score (nSPS) is 29.9. The predicted octanol–water partition coefficient (Wildman–Crippen LogP) is 3.70. The molecule has 6 heteroatoms. The second kappa shape index (κ2) is 7.20. The van der Waals surface area contributed by atoms with Gasteiger partial charge in [0, 0.05) is 4.75 Å². The summed E-state index contributed by atoms with van der Waals surface area (Å²) in [4.78, 5) is 28.7. The minimum Gasteiger partial charge on any atom is -0.367 e. The fourth-order valence-electron chi connectivity index (χ4n) is 6.00. The van der Waals surface area contributed by atoms with Gasteiger partial charge < -0.3 is 5.73 Å². The molecule has 3 aromatic rings. The van der Waals surface area contributed by atoms with Crippen LogP contribution in [0.25, 0.3) is 0 Å². The van der Waals surface area contributed by atoms with Gasteiger partial charge in [-0.25, -0.2) is 0 Å². The van der Waals surface area contributed by atoms with E-state index in [9.17, 15) is 9.59 Å². The van der Waals surface area contributed by atoms with Crippen LogP contribution in [-0.4, -0.2) is 28.5 Å². The molecule has 2 heterocycles. The number of primary amides is 1. The Balaban J connectivity index is 1.89. The van der Waals surface area contributed by atoms with Crippen molar-refractivity contribution in [2.75, 3.05) is 7.05 Å². The molecule has 5 rings (SSSR count). The van der Waals surface area contributed by atoms with Gasteiger partial charge in [0.2, 0.25) is 5.91 Å². The minimum atomic E-state index is -1.33. The van der Waals surface area contributed by atoms with E-state index >= 15 is 0 Å². The number of benzene rings is 3. The standard InChI is InChI=1S/C27H27N3O2S/c1-24(2)26(22(28)31,20-15-9-5-10-16-20)30-23(32)25(29-3,19-13-7-4-8-14-19)27(30,33-24)21-17-11-6-12-18-21/h4-18,29H,1-3H3,(H2,28,31)/t25?,26?,27-/m1/s1. The average molecular weight is 458 g/mol. The lowest BCUT2D eigenvalue weighted by atomic mass is 9.64. The molecule has 168 valence electrons. The number of nitrogens with zero attached hydrogens (tertiary/aromatic N) is 1. The number of nitrogens with two attached hydrogens (primary N) is 1. The zero-order valence-corrected chi connectivity index (χ0v) is 19.7. The van der Waals surface area contributed by atoms with E-state index in [1.807, 2.05) is 112 Å². The molecule has 3 atom stereocenters. The van der Waals surface area contributed by atoms with Gasteiger partial charge in [0.05, 0.1) is 0 Å². The van der Waals surface area contributed by atoms with Crippen LogP contribution in [0, 0.1) is 0 Å². The van der Waals surface area contributed by atoms with Gasteiger partial charge in [-0.3, -0.25) is 19.8 Å². The molecule has 2 unspecified atom stereocenters. The number of hydrogen-bond acceptors (Lipinski definition) is 4. The third-order valence-electron chi connectivity index (χ3n) is 7.25. The fraction of sp³-hybridized carbons (Fsp3) is 0.259. The van der Waals surface area contributed by atoms with Crippen LogP contribution >= 0.6 is 11.8 Å². The Morgan fingerprint density at radius 2 is 1.27 bits per heavy atom. The molecular formula is C27H27N3O2S. The van der Waals surface area contributed by atoms with E-state index in [0.29, 0.717) is 0 Å². The number of thioether (sulfide) groups is 1. The second-order valence-electron chi connectivity index (χ2n) is 9.07. The molecule has 0 aliphatic carbocycles. The number of nitrogens with one attached hydrogen (secondary N) is 1. The summed E-state index contributed by atoms with van der Waals surface area (Å²) in [5.41, 5.74) is 6.35. The Bertz CT molecular complexity index is 1220. The van der Waals surface area contributed by atoms with Crippen LogP contribution in [0.5, 0.6) is 0 Å². The topological polar surface area (TPSA) is 75.4 Å². The molecule has 0 spiro atoms. The third-order valence-corrected chi connectivity index (χ3v) is 9.08. The van der Waals surface area contributed by atoms with E-state index in [0.717, 1.165) is 16.7 Å². The average Bonchev–Trinajstić information content (AvgIpc) is 3.04. The number of β-lactam (4-membered cyclic amide) rings is 1. The molecule has 2 amide bonds. The lowest BCUT2D eigenvalue weighted by molar-refractivity contribution is -0.188. The molecule has 5 nitrogen and oxygen atoms in total. The Morgan fingerprint density at radius 1 is 0.818 bits per heavy atom. The Morgan fingerprint density at radius 3 is 1.73 bits per heavy atom. The first kappa shape index (κ1) is 21.7. The summed E-state index contributed by atoms with van der Waals surface area (Å²) in [5.74, 6) is -0.698. The van der Waals surface area contributed by atoms with Gasteiger partial charge in [-0.15, -0.1) is 11.8 Å². The fourth-order valence-corrected chi connectivity index (χ4v) is 8.22. The smallest absolute Gasteiger partial charge is 0.253 e. The first-order valence-electron chi connectivity index (χ1n) is 11.0. The van der Waals surface area contributed by atoms with Crippen LogP contribution in [0.15, 0.2) is 91.0 Å². The highest BCUT2D eigenvalue weighted by Gasteiger charge is 2.85. The lowest BCUT2D eigenvalue weighted by Crippen LogP contribution is -2.83. The van der Waals surface area contributed by atoms with Crippen molar-refractivity contribution < 1.29 is 9.59 Å². The summed E-state index contributed by atoms with van der Waals surface area (Å²) in [6.45, 7) is 4.02. The molecule has 2 aliphatic rings. The highest BCUT2D eigenvalue weighted by molar-refractivity contribution is 8.02. The first-order valence-corrected chi connectivity index (χ1v) is 11.8. The van der Waals surface area contributed by atoms with Gasteiger partial charge in [-0.2, -0.15) is 0 Å². The maximum absolute atomic E-state index is 14.4. The summed E-state index contributed by atoms with van der Waals surface area (Å²) >= 11 is 1.62. The van der Waals surface area contributed by atoms with Crippen LogP contribution in [0.4, 0.5) is 0 Å². The molecule has 2 aliphatic heterocycles. The Kier molecular flexibility index (Phi) is 4.75. The Hall–Kier alpha value is -3.09. The molecule has 3 aromatic carbocycles. The van der Waals surface area contributed by atoms with Gasteiger partial charge in [0.1, 0.15) is 4.87 Å². The van der Waals surface area contributed by atoms with Crippen LogP contribution in [0.2, 0.25) is 0 Å². The monoisotopic (exact) mass is 457 g/mol. The highest BCUT2D eigenvalue weighted by atomic mass is 32.2. The molecule has 0 aromatic heterocycles. The SMILES string of the molecule is CNC1(c2ccccc2)C(=O)N2C(C(N)=O)(c3ccccc3)C(C)(C)S[C@@]21c1ccccc1. The first-order chi connectivity index (χ1) is 15.8. The molecule has 0 radical (unpaired) electrons. The van der Waals surface area contributed by atoms with Crippen molar-refractivity contribution in [2.24, 2.45) is 5.73 Å². The Labute approximate surface area is 198 Å². The highest BCUT2D eigenvalue weighted by Crippen LogP contribution is 2.75. The van der Waals surface area contributed by atoms with Gasteiger partial charge in [0.25, 0.3) is 5.91 Å². The number of carbonyl (C=O) groups excluding carboxylic acids is 2. The van der Waals surface area contributed by atoms with E-state index in [2.05, 4.69) is 5.32 Å². The van der Waals surface area contributed by atoms with E-state index < -0.39 is 26.6 Å². The number of carbonyl (C=O) groups is 2. The van der Waals surface area contributed by atoms with E-state index in [1.54, 1.807) is 16.7 Å². The lowest BCUT2D eigenvalue weighted by Gasteiger charge is -2.64. The van der Waals surface area contributed by atoms with E-state index in [4.69, 9.17) is 5.73 Å². The maximum atomic E-state index is 14.4. The number of amides is 2.